The minimum Gasteiger partial charge on any atom is -0.481 e. The summed E-state index contributed by atoms with van der Waals surface area (Å²) in [5.74, 6) is 0.180. The quantitative estimate of drug-likeness (QED) is 0.682. The SMILES string of the molecule is Cc1ccc(N(CCCl)CCCl)cc1C[C@H](N)CC(=O)O. The maximum atomic E-state index is 10.7. The lowest BCUT2D eigenvalue weighted by Gasteiger charge is -2.24. The number of carbonyl (C=O) groups is 1. The molecule has 0 unspecified atom stereocenters. The number of halogens is 2. The third kappa shape index (κ3) is 6.12. The number of hydrogen-bond donors (Lipinski definition) is 2. The molecular formula is C15H22Cl2N2O2. The lowest BCUT2D eigenvalue weighted by atomic mass is 9.99. The number of carboxylic acid groups (broad SMARTS) is 1. The molecule has 21 heavy (non-hydrogen) atoms. The van der Waals surface area contributed by atoms with Crippen molar-refractivity contribution in [3.8, 4) is 0 Å². The Kier molecular flexibility index (Phi) is 7.86. The number of aryl methyl sites for hydroxylation is 1. The normalized spacial score (nSPS) is 12.2. The van der Waals surface area contributed by atoms with E-state index in [-0.39, 0.29) is 12.5 Å². The Bertz CT molecular complexity index is 463. The van der Waals surface area contributed by atoms with E-state index in [2.05, 4.69) is 11.0 Å². The van der Waals surface area contributed by atoms with Crippen molar-refractivity contribution < 1.29 is 9.90 Å². The highest BCUT2D eigenvalue weighted by molar-refractivity contribution is 6.18. The Morgan fingerprint density at radius 2 is 1.95 bits per heavy atom. The van der Waals surface area contributed by atoms with Crippen LogP contribution in [-0.4, -0.2) is 42.0 Å². The Morgan fingerprint density at radius 1 is 1.33 bits per heavy atom. The van der Waals surface area contributed by atoms with Crippen LogP contribution in [-0.2, 0) is 11.2 Å². The third-order valence-corrected chi connectivity index (χ3v) is 3.66. The highest BCUT2D eigenvalue weighted by Gasteiger charge is 2.13. The van der Waals surface area contributed by atoms with Crippen LogP contribution in [0.3, 0.4) is 0 Å². The number of alkyl halides is 2. The molecule has 1 aromatic rings. The Morgan fingerprint density at radius 3 is 2.48 bits per heavy atom. The topological polar surface area (TPSA) is 66.6 Å². The summed E-state index contributed by atoms with van der Waals surface area (Å²) in [4.78, 5) is 12.8. The molecular weight excluding hydrogens is 311 g/mol. The number of benzene rings is 1. The van der Waals surface area contributed by atoms with Crippen LogP contribution in [0.1, 0.15) is 17.5 Å². The number of rotatable bonds is 9. The fourth-order valence-electron chi connectivity index (χ4n) is 2.23. The molecule has 6 heteroatoms. The maximum Gasteiger partial charge on any atom is 0.304 e. The van der Waals surface area contributed by atoms with Gasteiger partial charge in [-0.1, -0.05) is 6.07 Å². The van der Waals surface area contributed by atoms with E-state index in [0.29, 0.717) is 18.2 Å². The Labute approximate surface area is 135 Å². The van der Waals surface area contributed by atoms with Crippen LogP contribution in [0.15, 0.2) is 18.2 Å². The second-order valence-corrected chi connectivity index (χ2v) is 5.79. The lowest BCUT2D eigenvalue weighted by molar-refractivity contribution is -0.137. The first-order valence-electron chi connectivity index (χ1n) is 6.91. The number of hydrogen-bond acceptors (Lipinski definition) is 3. The van der Waals surface area contributed by atoms with Gasteiger partial charge < -0.3 is 15.7 Å². The van der Waals surface area contributed by atoms with Gasteiger partial charge in [0.1, 0.15) is 0 Å². The first-order valence-corrected chi connectivity index (χ1v) is 7.98. The summed E-state index contributed by atoms with van der Waals surface area (Å²) >= 11 is 11.6. The second kappa shape index (κ2) is 9.13. The Balaban J connectivity index is 2.89. The average molecular weight is 333 g/mol. The van der Waals surface area contributed by atoms with Gasteiger partial charge in [0.25, 0.3) is 0 Å². The van der Waals surface area contributed by atoms with Crippen LogP contribution in [0.2, 0.25) is 0 Å². The van der Waals surface area contributed by atoms with E-state index in [1.165, 1.54) is 0 Å². The first kappa shape index (κ1) is 18.1. The summed E-state index contributed by atoms with van der Waals surface area (Å²) in [6.45, 7) is 3.44. The fourth-order valence-corrected chi connectivity index (χ4v) is 2.64. The molecule has 0 aliphatic heterocycles. The van der Waals surface area contributed by atoms with E-state index in [1.54, 1.807) is 0 Å². The minimum atomic E-state index is -0.873. The molecule has 0 amide bonds. The molecule has 0 bridgehead atoms. The molecule has 0 heterocycles. The van der Waals surface area contributed by atoms with Gasteiger partial charge in [-0.25, -0.2) is 0 Å². The molecule has 0 spiro atoms. The van der Waals surface area contributed by atoms with Crippen LogP contribution in [0, 0.1) is 6.92 Å². The predicted octanol–water partition coefficient (Wildman–Crippen LogP) is 2.62. The van der Waals surface area contributed by atoms with Crippen LogP contribution >= 0.6 is 23.2 Å². The monoisotopic (exact) mass is 332 g/mol. The van der Waals surface area contributed by atoms with Crippen LogP contribution < -0.4 is 10.6 Å². The zero-order valence-electron chi connectivity index (χ0n) is 12.2. The van der Waals surface area contributed by atoms with Gasteiger partial charge in [-0.3, -0.25) is 4.79 Å². The number of nitrogens with zero attached hydrogens (tertiary/aromatic N) is 1. The van der Waals surface area contributed by atoms with Crippen molar-refractivity contribution in [1.82, 2.24) is 0 Å². The predicted molar refractivity (Wildman–Crippen MR) is 88.8 cm³/mol. The van der Waals surface area contributed by atoms with Gasteiger partial charge >= 0.3 is 5.97 Å². The molecule has 1 aromatic carbocycles. The van der Waals surface area contributed by atoms with Gasteiger partial charge in [-0.05, 0) is 36.6 Å². The summed E-state index contributed by atoms with van der Waals surface area (Å²) in [6.07, 6.45) is 0.512. The van der Waals surface area contributed by atoms with E-state index in [4.69, 9.17) is 34.0 Å². The number of nitrogens with two attached hydrogens (primary N) is 1. The fraction of sp³-hybridized carbons (Fsp3) is 0.533. The molecule has 4 nitrogen and oxygen atoms in total. The van der Waals surface area contributed by atoms with Crippen molar-refractivity contribution in [3.05, 3.63) is 29.3 Å². The maximum absolute atomic E-state index is 10.7. The second-order valence-electron chi connectivity index (χ2n) is 5.04. The standard InChI is InChI=1S/C15H22Cl2N2O2/c1-11-2-3-14(19(6-4-16)7-5-17)9-12(11)8-13(18)10-15(20)21/h2-3,9,13H,4-8,10,18H2,1H3,(H,20,21)/t13-/m0/s1. The summed E-state index contributed by atoms with van der Waals surface area (Å²) in [7, 11) is 0. The molecule has 0 radical (unpaired) electrons. The third-order valence-electron chi connectivity index (χ3n) is 3.33. The molecule has 3 N–H and O–H groups in total. The van der Waals surface area contributed by atoms with Gasteiger partial charge in [0.2, 0.25) is 0 Å². The highest BCUT2D eigenvalue weighted by Crippen LogP contribution is 2.21. The number of carboxylic acids is 1. The molecule has 0 saturated carbocycles. The van der Waals surface area contributed by atoms with Gasteiger partial charge in [-0.15, -0.1) is 23.2 Å². The van der Waals surface area contributed by atoms with E-state index in [0.717, 1.165) is 29.9 Å². The molecule has 1 rings (SSSR count). The van der Waals surface area contributed by atoms with Crippen molar-refractivity contribution >= 4 is 34.9 Å². The van der Waals surface area contributed by atoms with Gasteiger partial charge in [0, 0.05) is 36.6 Å². The van der Waals surface area contributed by atoms with Gasteiger partial charge in [0.05, 0.1) is 6.42 Å². The van der Waals surface area contributed by atoms with Crippen LogP contribution in [0.25, 0.3) is 0 Å². The molecule has 1 atom stereocenters. The first-order chi connectivity index (χ1) is 9.97. The van der Waals surface area contributed by atoms with Gasteiger partial charge in [-0.2, -0.15) is 0 Å². The number of aliphatic carboxylic acids is 1. The van der Waals surface area contributed by atoms with E-state index in [9.17, 15) is 4.79 Å². The highest BCUT2D eigenvalue weighted by atomic mass is 35.5. The van der Waals surface area contributed by atoms with Crippen LogP contribution in [0.4, 0.5) is 5.69 Å². The summed E-state index contributed by atoms with van der Waals surface area (Å²) in [5.41, 5.74) is 9.10. The molecule has 0 saturated heterocycles. The molecule has 0 aliphatic carbocycles. The van der Waals surface area contributed by atoms with E-state index < -0.39 is 5.97 Å². The van der Waals surface area contributed by atoms with E-state index in [1.807, 2.05) is 19.1 Å². The molecule has 0 aliphatic rings. The number of anilines is 1. The van der Waals surface area contributed by atoms with Crippen molar-refractivity contribution in [2.75, 3.05) is 29.7 Å². The van der Waals surface area contributed by atoms with Crippen molar-refractivity contribution in [2.45, 2.75) is 25.8 Å². The molecule has 118 valence electrons. The average Bonchev–Trinajstić information content (AvgIpc) is 2.40. The lowest BCUT2D eigenvalue weighted by Crippen LogP contribution is -2.29. The summed E-state index contributed by atoms with van der Waals surface area (Å²) in [5, 5.41) is 8.80. The largest absolute Gasteiger partial charge is 0.481 e. The minimum absolute atomic E-state index is 0.0310. The zero-order valence-corrected chi connectivity index (χ0v) is 13.7. The zero-order chi connectivity index (χ0) is 15.8. The molecule has 0 fully saturated rings. The van der Waals surface area contributed by atoms with E-state index >= 15 is 0 Å². The van der Waals surface area contributed by atoms with Crippen molar-refractivity contribution in [3.63, 3.8) is 0 Å². The van der Waals surface area contributed by atoms with Gasteiger partial charge in [0.15, 0.2) is 0 Å². The Hall–Kier alpha value is -0.970. The summed E-state index contributed by atoms with van der Waals surface area (Å²) < 4.78 is 0. The smallest absolute Gasteiger partial charge is 0.304 e. The van der Waals surface area contributed by atoms with Crippen molar-refractivity contribution in [1.29, 1.82) is 0 Å². The van der Waals surface area contributed by atoms with Crippen molar-refractivity contribution in [2.24, 2.45) is 5.73 Å². The summed E-state index contributed by atoms with van der Waals surface area (Å²) in [6, 6.07) is 5.72. The van der Waals surface area contributed by atoms with Crippen LogP contribution in [0.5, 0.6) is 0 Å². The molecule has 0 aromatic heterocycles.